The van der Waals surface area contributed by atoms with Crippen molar-refractivity contribution in [2.75, 3.05) is 31.2 Å². The van der Waals surface area contributed by atoms with E-state index in [2.05, 4.69) is 64.0 Å². The van der Waals surface area contributed by atoms with Gasteiger partial charge in [-0.15, -0.1) is 0 Å². The minimum atomic E-state index is -0.551. The lowest BCUT2D eigenvalue weighted by Crippen LogP contribution is -2.38. The number of carbonyl (C=O) groups is 2. The molecule has 6 rings (SSSR count). The van der Waals surface area contributed by atoms with Gasteiger partial charge < -0.3 is 35.8 Å². The lowest BCUT2D eigenvalue weighted by Gasteiger charge is -2.38. The molecule has 1 aromatic heterocycles. The molecule has 298 valence electrons. The van der Waals surface area contributed by atoms with Crippen LogP contribution in [0.3, 0.4) is 0 Å². The third kappa shape index (κ3) is 12.6. The van der Waals surface area contributed by atoms with Gasteiger partial charge in [0.2, 0.25) is 11.8 Å². The summed E-state index contributed by atoms with van der Waals surface area (Å²) in [5, 5.41) is 15.6. The van der Waals surface area contributed by atoms with Crippen LogP contribution in [0.5, 0.6) is 0 Å². The van der Waals surface area contributed by atoms with Gasteiger partial charge in [-0.3, -0.25) is 14.6 Å². The number of aliphatic hydroxyl groups is 1. The molecule has 5 aromatic rings. The smallest absolute Gasteiger partial charge is 0.224 e. The molecule has 2 amide bonds. The molecule has 0 saturated carbocycles. The normalized spacial score (nSPS) is 16.6. The highest BCUT2D eigenvalue weighted by molar-refractivity contribution is 5.93. The second kappa shape index (κ2) is 21.2. The van der Waals surface area contributed by atoms with Crippen molar-refractivity contribution in [2.24, 2.45) is 0 Å². The third-order valence-corrected chi connectivity index (χ3v) is 10.4. The van der Waals surface area contributed by atoms with Crippen molar-refractivity contribution in [3.05, 3.63) is 149 Å². The van der Waals surface area contributed by atoms with Crippen molar-refractivity contribution < 1.29 is 24.2 Å². The van der Waals surface area contributed by atoms with E-state index in [-0.39, 0.29) is 30.6 Å². The number of pyridine rings is 1. The number of unbranched alkanes of at least 4 members (excludes halogenated alkanes) is 3. The van der Waals surface area contributed by atoms with E-state index in [0.717, 1.165) is 84.3 Å². The number of hydrogen-bond acceptors (Lipinski definition) is 8. The highest BCUT2D eigenvalue weighted by Crippen LogP contribution is 2.39. The first-order chi connectivity index (χ1) is 27.8. The van der Waals surface area contributed by atoms with E-state index in [4.69, 9.17) is 15.2 Å². The zero-order chi connectivity index (χ0) is 39.8. The number of likely N-dealkylation sites (N-methyl/N-ethyl adjacent to an activating group) is 1. The first kappa shape index (κ1) is 41.2. The summed E-state index contributed by atoms with van der Waals surface area (Å²) in [6.07, 6.45) is 6.78. The van der Waals surface area contributed by atoms with Crippen LogP contribution in [0.25, 0.3) is 11.1 Å². The number of nitrogens with zero attached hydrogens (tertiary/aromatic N) is 2. The van der Waals surface area contributed by atoms with Gasteiger partial charge in [0, 0.05) is 62.8 Å². The number of nitrogens with one attached hydrogen (secondary N) is 2. The summed E-state index contributed by atoms with van der Waals surface area (Å²) in [4.78, 5) is 31.8. The Morgan fingerprint density at radius 1 is 0.807 bits per heavy atom. The fraction of sp³-hybridized carbons (Fsp3) is 0.340. The lowest BCUT2D eigenvalue weighted by molar-refractivity contribution is -0.252. The zero-order valence-electron chi connectivity index (χ0n) is 32.8. The molecule has 0 radical (unpaired) electrons. The summed E-state index contributed by atoms with van der Waals surface area (Å²) >= 11 is 0. The number of amides is 2. The molecule has 1 saturated heterocycles. The van der Waals surface area contributed by atoms with Gasteiger partial charge in [0.25, 0.3) is 0 Å². The predicted molar refractivity (Wildman–Crippen MR) is 225 cm³/mol. The van der Waals surface area contributed by atoms with E-state index in [0.29, 0.717) is 37.2 Å². The first-order valence-corrected chi connectivity index (χ1v) is 20.0. The summed E-state index contributed by atoms with van der Waals surface area (Å²) in [7, 11) is 2.12. The number of carbonyl (C=O) groups excluding carboxylic acids is 2. The van der Waals surface area contributed by atoms with Crippen molar-refractivity contribution in [3.63, 3.8) is 0 Å². The largest absolute Gasteiger partial charge is 0.397 e. The van der Waals surface area contributed by atoms with Crippen LogP contribution in [0, 0.1) is 0 Å². The molecule has 10 heteroatoms. The standard InChI is InChI=1S/C47H55N5O5/c1-52(29-27-39-13-10-11-28-49-39)32-40-30-44(36-21-19-34(33-53)20-22-36)57-47(56-40)37-25-23-35(24-26-37)41-14-7-6-12-38(41)31-50-45(54)17-4-2-3-5-18-46(55)51-43-16-9-8-15-42(43)48/h6-16,19-26,28,40,44,47,53H,2-5,17-18,27,29-33,48H2,1H3,(H,50,54)(H,51,55)/t40-,44+,47+/m1/s1. The maximum absolute atomic E-state index is 12.8. The summed E-state index contributed by atoms with van der Waals surface area (Å²) in [6.45, 7) is 2.04. The Labute approximate surface area is 336 Å². The van der Waals surface area contributed by atoms with E-state index < -0.39 is 6.29 Å². The number of nitrogens with two attached hydrogens (primary N) is 1. The Balaban J connectivity index is 1.01. The van der Waals surface area contributed by atoms with Crippen molar-refractivity contribution in [1.82, 2.24) is 15.2 Å². The van der Waals surface area contributed by atoms with Gasteiger partial charge in [0.1, 0.15) is 0 Å². The Morgan fingerprint density at radius 2 is 1.51 bits per heavy atom. The van der Waals surface area contributed by atoms with Gasteiger partial charge in [-0.1, -0.05) is 104 Å². The second-order valence-corrected chi connectivity index (χ2v) is 14.8. The Morgan fingerprint density at radius 3 is 2.25 bits per heavy atom. The third-order valence-electron chi connectivity index (χ3n) is 10.4. The summed E-state index contributed by atoms with van der Waals surface area (Å²) in [5.41, 5.74) is 14.2. The fourth-order valence-electron chi connectivity index (χ4n) is 7.13. The molecule has 1 fully saturated rings. The van der Waals surface area contributed by atoms with Crippen molar-refractivity contribution in [1.29, 1.82) is 0 Å². The van der Waals surface area contributed by atoms with Crippen LogP contribution >= 0.6 is 0 Å². The van der Waals surface area contributed by atoms with E-state index >= 15 is 0 Å². The number of rotatable bonds is 19. The molecule has 2 heterocycles. The number of para-hydroxylation sites is 2. The van der Waals surface area contributed by atoms with Crippen LogP contribution in [0.4, 0.5) is 11.4 Å². The Hall–Kier alpha value is -5.39. The molecular formula is C47H55N5O5. The highest BCUT2D eigenvalue weighted by atomic mass is 16.7. The number of aliphatic hydroxyl groups excluding tert-OH is 1. The monoisotopic (exact) mass is 769 g/mol. The minimum Gasteiger partial charge on any atom is -0.397 e. The summed E-state index contributed by atoms with van der Waals surface area (Å²) in [6, 6.07) is 37.6. The quantitative estimate of drug-likeness (QED) is 0.0488. The van der Waals surface area contributed by atoms with Crippen LogP contribution in [0.15, 0.2) is 121 Å². The molecule has 0 spiro atoms. The molecule has 0 unspecified atom stereocenters. The number of nitrogen functional groups attached to an aromatic ring is 1. The second-order valence-electron chi connectivity index (χ2n) is 14.8. The molecule has 1 aliphatic heterocycles. The zero-order valence-corrected chi connectivity index (χ0v) is 32.8. The number of aromatic nitrogens is 1. The first-order valence-electron chi connectivity index (χ1n) is 20.0. The molecule has 4 aromatic carbocycles. The average molecular weight is 770 g/mol. The summed E-state index contributed by atoms with van der Waals surface area (Å²) in [5.74, 6) is -0.0352. The fourth-order valence-corrected chi connectivity index (χ4v) is 7.13. The van der Waals surface area contributed by atoms with Gasteiger partial charge in [-0.25, -0.2) is 0 Å². The number of anilines is 2. The van der Waals surface area contributed by atoms with Gasteiger partial charge in [-0.2, -0.15) is 0 Å². The van der Waals surface area contributed by atoms with Crippen molar-refractivity contribution in [2.45, 2.75) is 83.0 Å². The molecule has 0 aliphatic carbocycles. The maximum Gasteiger partial charge on any atom is 0.224 e. The minimum absolute atomic E-state index is 0.0000337. The molecule has 1 aliphatic rings. The van der Waals surface area contributed by atoms with Crippen LogP contribution in [-0.4, -0.2) is 53.0 Å². The van der Waals surface area contributed by atoms with Crippen molar-refractivity contribution in [3.8, 4) is 11.1 Å². The van der Waals surface area contributed by atoms with E-state index in [9.17, 15) is 14.7 Å². The number of hydrogen-bond donors (Lipinski definition) is 4. The molecule has 3 atom stereocenters. The molecular weight excluding hydrogens is 715 g/mol. The van der Waals surface area contributed by atoms with Gasteiger partial charge in [0.15, 0.2) is 6.29 Å². The maximum atomic E-state index is 12.8. The molecule has 0 bridgehead atoms. The lowest BCUT2D eigenvalue weighted by atomic mass is 9.97. The summed E-state index contributed by atoms with van der Waals surface area (Å²) < 4.78 is 13.2. The number of benzene rings is 4. The van der Waals surface area contributed by atoms with E-state index in [1.54, 1.807) is 12.1 Å². The molecule has 5 N–H and O–H groups in total. The molecule has 57 heavy (non-hydrogen) atoms. The van der Waals surface area contributed by atoms with E-state index in [1.807, 2.05) is 72.9 Å². The van der Waals surface area contributed by atoms with Crippen LogP contribution in [0.1, 0.15) is 85.3 Å². The van der Waals surface area contributed by atoms with Crippen LogP contribution < -0.4 is 16.4 Å². The number of ether oxygens (including phenoxy) is 2. The van der Waals surface area contributed by atoms with E-state index in [1.165, 1.54) is 0 Å². The highest BCUT2D eigenvalue weighted by Gasteiger charge is 2.33. The van der Waals surface area contributed by atoms with Gasteiger partial charge in [0.05, 0.1) is 30.2 Å². The Bertz CT molecular complexity index is 2010. The van der Waals surface area contributed by atoms with Crippen LogP contribution in [-0.2, 0) is 38.6 Å². The average Bonchev–Trinajstić information content (AvgIpc) is 3.24. The van der Waals surface area contributed by atoms with Gasteiger partial charge in [-0.05, 0) is 72.0 Å². The van der Waals surface area contributed by atoms with Gasteiger partial charge >= 0.3 is 0 Å². The van der Waals surface area contributed by atoms with Crippen LogP contribution in [0.2, 0.25) is 0 Å². The SMILES string of the molecule is CN(CCc1ccccn1)C[C@H]1C[C@@H](c2ccc(CO)cc2)O[C@@H](c2ccc(-c3ccccc3CNC(=O)CCCCCCC(=O)Nc3ccccc3N)cc2)O1. The van der Waals surface area contributed by atoms with Crippen molar-refractivity contribution >= 4 is 23.2 Å². The molecule has 10 nitrogen and oxygen atoms in total. The Kier molecular flexibility index (Phi) is 15.4. The topological polar surface area (TPSA) is 139 Å². The predicted octanol–water partition coefficient (Wildman–Crippen LogP) is 8.14.